The first-order valence-corrected chi connectivity index (χ1v) is 8.17. The summed E-state index contributed by atoms with van der Waals surface area (Å²) < 4.78 is 0. The van der Waals surface area contributed by atoms with Crippen LogP contribution in [0.3, 0.4) is 0 Å². The number of rotatable bonds is 7. The Balaban J connectivity index is 1.62. The Morgan fingerprint density at radius 3 is 2.36 bits per heavy atom. The van der Waals surface area contributed by atoms with Gasteiger partial charge in [-0.3, -0.25) is 9.69 Å². The van der Waals surface area contributed by atoms with Crippen LogP contribution in [0.4, 0.5) is 0 Å². The quantitative estimate of drug-likeness (QED) is 0.572. The molecule has 0 aliphatic carbocycles. The fourth-order valence-corrected chi connectivity index (χ4v) is 2.82. The third-order valence-electron chi connectivity index (χ3n) is 4.04. The molecular weight excluding hydrogens is 298 g/mol. The van der Waals surface area contributed by atoms with Crippen molar-refractivity contribution in [2.75, 3.05) is 32.7 Å². The first kappa shape index (κ1) is 17.0. The average Bonchev–Trinajstić information content (AvgIpc) is 2.55. The van der Waals surface area contributed by atoms with Crippen LogP contribution in [-0.2, 0) is 11.3 Å². The van der Waals surface area contributed by atoms with Gasteiger partial charge in [0.2, 0.25) is 5.78 Å². The van der Waals surface area contributed by atoms with Gasteiger partial charge in [-0.05, 0) is 37.1 Å². The summed E-state index contributed by atoms with van der Waals surface area (Å²) in [6.45, 7) is 6.27. The van der Waals surface area contributed by atoms with Crippen LogP contribution in [-0.4, -0.2) is 48.3 Å². The van der Waals surface area contributed by atoms with Gasteiger partial charge in [-0.15, -0.1) is 0 Å². The lowest BCUT2D eigenvalue weighted by Crippen LogP contribution is -2.46. The number of carbonyl (C=O) groups excluding carboxylic acids is 1. The van der Waals surface area contributed by atoms with Gasteiger partial charge in [0.05, 0.1) is 0 Å². The molecule has 0 radical (unpaired) electrons. The number of benzene rings is 1. The molecule has 1 aromatic rings. The number of nitriles is 1. The van der Waals surface area contributed by atoms with Crippen LogP contribution in [0.5, 0.6) is 0 Å². The highest BCUT2D eigenvalue weighted by Gasteiger charge is 2.16. The third-order valence-corrected chi connectivity index (χ3v) is 4.29. The molecule has 0 aromatic heterocycles. The molecule has 1 fully saturated rings. The van der Waals surface area contributed by atoms with Crippen LogP contribution in [0.1, 0.15) is 24.8 Å². The van der Waals surface area contributed by atoms with Crippen molar-refractivity contribution in [1.29, 1.82) is 5.26 Å². The summed E-state index contributed by atoms with van der Waals surface area (Å²) in [5.41, 5.74) is 1.30. The van der Waals surface area contributed by atoms with Crippen LogP contribution < -0.4 is 0 Å². The minimum Gasteiger partial charge on any atom is -0.301 e. The summed E-state index contributed by atoms with van der Waals surface area (Å²) >= 11 is 5.90. The second-order valence-corrected chi connectivity index (χ2v) is 6.17. The predicted molar refractivity (Wildman–Crippen MR) is 87.6 cm³/mol. The van der Waals surface area contributed by atoms with E-state index in [1.807, 2.05) is 12.1 Å². The molecule has 5 heteroatoms. The molecular formula is C17H22ClN3O. The summed E-state index contributed by atoms with van der Waals surface area (Å²) in [4.78, 5) is 15.8. The van der Waals surface area contributed by atoms with E-state index in [4.69, 9.17) is 16.9 Å². The molecule has 0 spiro atoms. The standard InChI is InChI=1S/C17H22ClN3O/c18-16-6-4-15(5-7-16)14-21-11-9-20(10-12-21)8-2-1-3-17(22)13-19/h4-7H,1-3,8-12,14H2. The molecule has 0 unspecified atom stereocenters. The fourth-order valence-electron chi connectivity index (χ4n) is 2.70. The maximum Gasteiger partial charge on any atom is 0.231 e. The average molecular weight is 320 g/mol. The largest absolute Gasteiger partial charge is 0.301 e. The number of halogens is 1. The van der Waals surface area contributed by atoms with Gasteiger partial charge in [-0.25, -0.2) is 0 Å². The minimum atomic E-state index is -0.298. The van der Waals surface area contributed by atoms with Crippen LogP contribution in [0.2, 0.25) is 5.02 Å². The number of ketones is 1. The summed E-state index contributed by atoms with van der Waals surface area (Å²) in [7, 11) is 0. The number of unbranched alkanes of at least 4 members (excludes halogenated alkanes) is 1. The summed E-state index contributed by atoms with van der Waals surface area (Å²) in [5, 5.41) is 9.21. The summed E-state index contributed by atoms with van der Waals surface area (Å²) in [6, 6.07) is 9.72. The number of nitrogens with zero attached hydrogens (tertiary/aromatic N) is 3. The zero-order chi connectivity index (χ0) is 15.8. The van der Waals surface area contributed by atoms with Gasteiger partial charge in [-0.1, -0.05) is 23.7 Å². The van der Waals surface area contributed by atoms with E-state index in [-0.39, 0.29) is 5.78 Å². The molecule has 0 amide bonds. The van der Waals surface area contributed by atoms with Crippen molar-refractivity contribution in [3.05, 3.63) is 34.9 Å². The van der Waals surface area contributed by atoms with Crippen molar-refractivity contribution in [3.8, 4) is 6.07 Å². The highest BCUT2D eigenvalue weighted by atomic mass is 35.5. The number of hydrogen-bond donors (Lipinski definition) is 0. The van der Waals surface area contributed by atoms with Gasteiger partial charge in [0.15, 0.2) is 0 Å². The molecule has 22 heavy (non-hydrogen) atoms. The first-order chi connectivity index (χ1) is 10.7. The van der Waals surface area contributed by atoms with Crippen molar-refractivity contribution in [3.63, 3.8) is 0 Å². The fraction of sp³-hybridized carbons (Fsp3) is 0.529. The second kappa shape index (κ2) is 8.89. The van der Waals surface area contributed by atoms with Crippen LogP contribution in [0.15, 0.2) is 24.3 Å². The smallest absolute Gasteiger partial charge is 0.231 e. The van der Waals surface area contributed by atoms with E-state index in [1.54, 1.807) is 6.07 Å². The highest BCUT2D eigenvalue weighted by molar-refractivity contribution is 6.30. The Hall–Kier alpha value is -1.41. The zero-order valence-corrected chi connectivity index (χ0v) is 13.6. The Morgan fingerprint density at radius 2 is 1.73 bits per heavy atom. The second-order valence-electron chi connectivity index (χ2n) is 5.74. The topological polar surface area (TPSA) is 47.3 Å². The lowest BCUT2D eigenvalue weighted by molar-refractivity contribution is -0.114. The Bertz CT molecular complexity index is 516. The van der Waals surface area contributed by atoms with Crippen molar-refractivity contribution >= 4 is 17.4 Å². The lowest BCUT2D eigenvalue weighted by Gasteiger charge is -2.34. The van der Waals surface area contributed by atoms with E-state index in [9.17, 15) is 4.79 Å². The molecule has 1 heterocycles. The van der Waals surface area contributed by atoms with E-state index in [0.717, 1.165) is 57.1 Å². The van der Waals surface area contributed by atoms with E-state index in [2.05, 4.69) is 21.9 Å². The highest BCUT2D eigenvalue weighted by Crippen LogP contribution is 2.13. The maximum atomic E-state index is 10.9. The maximum absolute atomic E-state index is 10.9. The number of hydrogen-bond acceptors (Lipinski definition) is 4. The molecule has 0 atom stereocenters. The van der Waals surface area contributed by atoms with Crippen LogP contribution >= 0.6 is 11.6 Å². The molecule has 4 nitrogen and oxygen atoms in total. The molecule has 118 valence electrons. The van der Waals surface area contributed by atoms with E-state index >= 15 is 0 Å². The molecule has 1 saturated heterocycles. The predicted octanol–water partition coefficient (Wildman–Crippen LogP) is 2.72. The third kappa shape index (κ3) is 5.76. The Labute approximate surface area is 137 Å². The SMILES string of the molecule is N#CC(=O)CCCCN1CCN(Cc2ccc(Cl)cc2)CC1. The van der Waals surface area contributed by atoms with Crippen LogP contribution in [0.25, 0.3) is 0 Å². The van der Waals surface area contributed by atoms with Crippen LogP contribution in [0, 0.1) is 11.3 Å². The van der Waals surface area contributed by atoms with E-state index in [0.29, 0.717) is 6.42 Å². The molecule has 0 bridgehead atoms. The Morgan fingerprint density at radius 1 is 1.09 bits per heavy atom. The van der Waals surface area contributed by atoms with Gasteiger partial charge < -0.3 is 4.90 Å². The molecule has 1 aromatic carbocycles. The van der Waals surface area contributed by atoms with Crippen molar-refractivity contribution in [2.24, 2.45) is 0 Å². The number of Topliss-reactive ketones (excluding diaryl/α,β-unsaturated/α-hetero) is 1. The van der Waals surface area contributed by atoms with Gasteiger partial charge in [-0.2, -0.15) is 5.26 Å². The first-order valence-electron chi connectivity index (χ1n) is 7.79. The van der Waals surface area contributed by atoms with Gasteiger partial charge in [0, 0.05) is 44.2 Å². The van der Waals surface area contributed by atoms with E-state index in [1.165, 1.54) is 5.56 Å². The molecule has 2 rings (SSSR count). The van der Waals surface area contributed by atoms with Gasteiger partial charge in [0.1, 0.15) is 6.07 Å². The van der Waals surface area contributed by atoms with Crippen molar-refractivity contribution in [1.82, 2.24) is 9.80 Å². The summed E-state index contributed by atoms with van der Waals surface area (Å²) in [6.07, 6.45) is 2.20. The van der Waals surface area contributed by atoms with Crippen molar-refractivity contribution in [2.45, 2.75) is 25.8 Å². The minimum absolute atomic E-state index is 0.298. The van der Waals surface area contributed by atoms with Gasteiger partial charge >= 0.3 is 0 Å². The lowest BCUT2D eigenvalue weighted by atomic mass is 10.1. The monoisotopic (exact) mass is 319 g/mol. The van der Waals surface area contributed by atoms with Crippen molar-refractivity contribution < 1.29 is 4.79 Å². The number of carbonyl (C=O) groups is 1. The molecule has 0 N–H and O–H groups in total. The van der Waals surface area contributed by atoms with E-state index < -0.39 is 0 Å². The zero-order valence-electron chi connectivity index (χ0n) is 12.8. The summed E-state index contributed by atoms with van der Waals surface area (Å²) in [5.74, 6) is -0.298. The Kier molecular flexibility index (Phi) is 6.85. The normalized spacial score (nSPS) is 16.4. The molecule has 0 saturated carbocycles. The molecule has 1 aliphatic heterocycles. The van der Waals surface area contributed by atoms with Gasteiger partial charge in [0.25, 0.3) is 0 Å². The molecule has 1 aliphatic rings. The number of piperazine rings is 1.